The first kappa shape index (κ1) is 9.64. The van der Waals surface area contributed by atoms with Crippen molar-refractivity contribution in [1.29, 1.82) is 0 Å². The summed E-state index contributed by atoms with van der Waals surface area (Å²) in [5, 5.41) is 0. The number of aromatic nitrogens is 1. The summed E-state index contributed by atoms with van der Waals surface area (Å²) in [6, 6.07) is 3.28. The molecule has 1 aromatic rings. The van der Waals surface area contributed by atoms with E-state index in [-0.39, 0.29) is 5.91 Å². The van der Waals surface area contributed by atoms with Gasteiger partial charge in [0.15, 0.2) is 0 Å². The Morgan fingerprint density at radius 3 is 3.13 bits per heavy atom. The van der Waals surface area contributed by atoms with Gasteiger partial charge in [-0.2, -0.15) is 0 Å². The standard InChI is InChI=1S/C10H11N3O2/c1-15-9-6-8(2-3-12-9)10(14)13-5-4-11-7-13/h2-3,6-7H,4-5H2,1H3. The van der Waals surface area contributed by atoms with Crippen molar-refractivity contribution >= 4 is 12.2 Å². The highest BCUT2D eigenvalue weighted by Crippen LogP contribution is 2.11. The molecule has 0 aliphatic carbocycles. The predicted octanol–water partition coefficient (Wildman–Crippen LogP) is 0.574. The summed E-state index contributed by atoms with van der Waals surface area (Å²) in [5.41, 5.74) is 0.565. The highest BCUT2D eigenvalue weighted by molar-refractivity contribution is 6.01. The van der Waals surface area contributed by atoms with E-state index in [0.29, 0.717) is 24.5 Å². The van der Waals surface area contributed by atoms with Crippen LogP contribution in [0, 0.1) is 0 Å². The monoisotopic (exact) mass is 205 g/mol. The van der Waals surface area contributed by atoms with Gasteiger partial charge in [-0.15, -0.1) is 0 Å². The first-order valence-corrected chi connectivity index (χ1v) is 4.62. The summed E-state index contributed by atoms with van der Waals surface area (Å²) in [4.78, 5) is 21.4. The molecule has 2 rings (SSSR count). The van der Waals surface area contributed by atoms with Crippen molar-refractivity contribution in [1.82, 2.24) is 9.88 Å². The summed E-state index contributed by atoms with van der Waals surface area (Å²) in [7, 11) is 1.52. The molecular formula is C10H11N3O2. The number of aliphatic imine (C=N–C) groups is 1. The molecule has 0 fully saturated rings. The predicted molar refractivity (Wildman–Crippen MR) is 55.2 cm³/mol. The molecule has 0 atom stereocenters. The summed E-state index contributed by atoms with van der Waals surface area (Å²) in [5.74, 6) is 0.369. The maximum Gasteiger partial charge on any atom is 0.259 e. The molecule has 0 bridgehead atoms. The van der Waals surface area contributed by atoms with Crippen molar-refractivity contribution in [3.8, 4) is 5.88 Å². The van der Waals surface area contributed by atoms with Gasteiger partial charge in [0.1, 0.15) is 0 Å². The van der Waals surface area contributed by atoms with Crippen LogP contribution >= 0.6 is 0 Å². The Kier molecular flexibility index (Phi) is 2.62. The average Bonchev–Trinajstić information content (AvgIpc) is 2.81. The summed E-state index contributed by atoms with van der Waals surface area (Å²) in [6.07, 6.45) is 3.12. The Balaban J connectivity index is 2.21. The molecule has 0 aromatic carbocycles. The van der Waals surface area contributed by atoms with Crippen LogP contribution in [-0.4, -0.2) is 42.3 Å². The van der Waals surface area contributed by atoms with Crippen molar-refractivity contribution < 1.29 is 9.53 Å². The number of hydrogen-bond donors (Lipinski definition) is 0. The van der Waals surface area contributed by atoms with Gasteiger partial charge in [-0.1, -0.05) is 0 Å². The van der Waals surface area contributed by atoms with E-state index in [2.05, 4.69) is 9.98 Å². The molecule has 0 unspecified atom stereocenters. The largest absolute Gasteiger partial charge is 0.481 e. The van der Waals surface area contributed by atoms with E-state index in [4.69, 9.17) is 4.74 Å². The lowest BCUT2D eigenvalue weighted by Crippen LogP contribution is -2.27. The van der Waals surface area contributed by atoms with Crippen LogP contribution in [0.4, 0.5) is 0 Å². The molecule has 0 saturated carbocycles. The van der Waals surface area contributed by atoms with Crippen molar-refractivity contribution in [2.45, 2.75) is 0 Å². The molecule has 2 heterocycles. The number of hydrogen-bond acceptors (Lipinski definition) is 4. The molecule has 1 aromatic heterocycles. The molecule has 0 spiro atoms. The van der Waals surface area contributed by atoms with Crippen LogP contribution in [-0.2, 0) is 0 Å². The maximum absolute atomic E-state index is 11.9. The minimum absolute atomic E-state index is 0.0723. The summed E-state index contributed by atoms with van der Waals surface area (Å²) >= 11 is 0. The lowest BCUT2D eigenvalue weighted by atomic mass is 10.2. The van der Waals surface area contributed by atoms with Gasteiger partial charge in [-0.25, -0.2) is 4.98 Å². The zero-order chi connectivity index (χ0) is 10.7. The van der Waals surface area contributed by atoms with Crippen molar-refractivity contribution in [3.63, 3.8) is 0 Å². The molecular weight excluding hydrogens is 194 g/mol. The number of nitrogens with zero attached hydrogens (tertiary/aromatic N) is 3. The van der Waals surface area contributed by atoms with Crippen LogP contribution in [0.5, 0.6) is 5.88 Å². The van der Waals surface area contributed by atoms with E-state index in [1.807, 2.05) is 0 Å². The molecule has 78 valence electrons. The molecule has 0 N–H and O–H groups in total. The normalized spacial score (nSPS) is 14.3. The third-order valence-corrected chi connectivity index (χ3v) is 2.14. The van der Waals surface area contributed by atoms with E-state index in [9.17, 15) is 4.79 Å². The molecule has 0 radical (unpaired) electrons. The molecule has 1 amide bonds. The van der Waals surface area contributed by atoms with E-state index >= 15 is 0 Å². The zero-order valence-corrected chi connectivity index (χ0v) is 8.38. The minimum Gasteiger partial charge on any atom is -0.481 e. The number of rotatable bonds is 2. The van der Waals surface area contributed by atoms with Crippen LogP contribution in [0.15, 0.2) is 23.3 Å². The Morgan fingerprint density at radius 2 is 2.47 bits per heavy atom. The zero-order valence-electron chi connectivity index (χ0n) is 8.38. The fourth-order valence-corrected chi connectivity index (χ4v) is 1.35. The van der Waals surface area contributed by atoms with Crippen LogP contribution in [0.2, 0.25) is 0 Å². The van der Waals surface area contributed by atoms with E-state index < -0.39 is 0 Å². The summed E-state index contributed by atoms with van der Waals surface area (Å²) in [6.45, 7) is 1.32. The second-order valence-corrected chi connectivity index (χ2v) is 3.11. The number of amides is 1. The first-order valence-electron chi connectivity index (χ1n) is 4.62. The third-order valence-electron chi connectivity index (χ3n) is 2.14. The minimum atomic E-state index is -0.0723. The SMILES string of the molecule is COc1cc(C(=O)N2C=NCC2)ccn1. The molecule has 5 nitrogen and oxygen atoms in total. The van der Waals surface area contributed by atoms with Gasteiger partial charge in [0.25, 0.3) is 5.91 Å². The smallest absolute Gasteiger partial charge is 0.259 e. The topological polar surface area (TPSA) is 54.8 Å². The molecule has 15 heavy (non-hydrogen) atoms. The number of pyridine rings is 1. The van der Waals surface area contributed by atoms with Gasteiger partial charge in [-0.3, -0.25) is 14.7 Å². The van der Waals surface area contributed by atoms with Gasteiger partial charge < -0.3 is 4.74 Å². The fourth-order valence-electron chi connectivity index (χ4n) is 1.35. The van der Waals surface area contributed by atoms with Crippen LogP contribution < -0.4 is 4.74 Å². The number of carbonyl (C=O) groups is 1. The number of carbonyl (C=O) groups excluding carboxylic acids is 1. The van der Waals surface area contributed by atoms with Gasteiger partial charge in [0.05, 0.1) is 20.0 Å². The van der Waals surface area contributed by atoms with E-state index in [0.717, 1.165) is 0 Å². The molecule has 5 heteroatoms. The average molecular weight is 205 g/mol. The van der Waals surface area contributed by atoms with Gasteiger partial charge in [0.2, 0.25) is 5.88 Å². The van der Waals surface area contributed by atoms with E-state index in [1.165, 1.54) is 7.11 Å². The second-order valence-electron chi connectivity index (χ2n) is 3.11. The Hall–Kier alpha value is -1.91. The maximum atomic E-state index is 11.9. The Labute approximate surface area is 87.4 Å². The van der Waals surface area contributed by atoms with Gasteiger partial charge in [0, 0.05) is 24.4 Å². The highest BCUT2D eigenvalue weighted by atomic mass is 16.5. The van der Waals surface area contributed by atoms with Crippen molar-refractivity contribution in [3.05, 3.63) is 23.9 Å². The van der Waals surface area contributed by atoms with Crippen molar-refractivity contribution in [2.75, 3.05) is 20.2 Å². The van der Waals surface area contributed by atoms with Gasteiger partial charge in [-0.05, 0) is 6.07 Å². The third kappa shape index (κ3) is 1.96. The second kappa shape index (κ2) is 4.08. The Morgan fingerprint density at radius 1 is 1.60 bits per heavy atom. The van der Waals surface area contributed by atoms with Crippen LogP contribution in [0.25, 0.3) is 0 Å². The summed E-state index contributed by atoms with van der Waals surface area (Å²) < 4.78 is 4.95. The highest BCUT2D eigenvalue weighted by Gasteiger charge is 2.16. The van der Waals surface area contributed by atoms with E-state index in [1.54, 1.807) is 29.6 Å². The molecule has 0 saturated heterocycles. The van der Waals surface area contributed by atoms with Crippen LogP contribution in [0.1, 0.15) is 10.4 Å². The van der Waals surface area contributed by atoms with Gasteiger partial charge >= 0.3 is 0 Å². The number of ether oxygens (including phenoxy) is 1. The lowest BCUT2D eigenvalue weighted by molar-refractivity contribution is 0.0861. The Bertz CT molecular complexity index is 403. The van der Waals surface area contributed by atoms with Crippen molar-refractivity contribution in [2.24, 2.45) is 4.99 Å². The van der Waals surface area contributed by atoms with Crippen LogP contribution in [0.3, 0.4) is 0 Å². The quantitative estimate of drug-likeness (QED) is 0.709. The first-order chi connectivity index (χ1) is 7.31. The molecule has 1 aliphatic heterocycles. The molecule has 1 aliphatic rings. The number of methoxy groups -OCH3 is 1. The fraction of sp³-hybridized carbons (Fsp3) is 0.300. The lowest BCUT2D eigenvalue weighted by Gasteiger charge is -2.11.